The van der Waals surface area contributed by atoms with Crippen LogP contribution in [-0.4, -0.2) is 48.0 Å². The van der Waals surface area contributed by atoms with Crippen molar-refractivity contribution in [1.29, 1.82) is 0 Å². The first-order chi connectivity index (χ1) is 17.2. The van der Waals surface area contributed by atoms with Crippen LogP contribution < -0.4 is 14.8 Å². The van der Waals surface area contributed by atoms with Crippen molar-refractivity contribution in [2.24, 2.45) is 0 Å². The molecule has 0 unspecified atom stereocenters. The van der Waals surface area contributed by atoms with Crippen molar-refractivity contribution in [3.8, 4) is 17.5 Å². The molecule has 10 nitrogen and oxygen atoms in total. The van der Waals surface area contributed by atoms with Crippen LogP contribution >= 0.6 is 0 Å². The van der Waals surface area contributed by atoms with Gasteiger partial charge in [0.1, 0.15) is 11.2 Å². The fraction of sp³-hybridized carbons (Fsp3) is 0.304. The molecule has 1 fully saturated rings. The predicted molar refractivity (Wildman–Crippen MR) is 123 cm³/mol. The highest BCUT2D eigenvalue weighted by Crippen LogP contribution is 2.46. The number of halogens is 3. The molecule has 0 bridgehead atoms. The zero-order chi connectivity index (χ0) is 27.2. The van der Waals surface area contributed by atoms with Gasteiger partial charge in [0.05, 0.1) is 17.7 Å². The number of aliphatic hydroxyl groups is 1. The van der Waals surface area contributed by atoms with E-state index in [0.29, 0.717) is 18.5 Å². The number of pyridine rings is 1. The van der Waals surface area contributed by atoms with Gasteiger partial charge in [0.25, 0.3) is 17.7 Å². The summed E-state index contributed by atoms with van der Waals surface area (Å²) in [5.74, 6) is -1.80. The van der Waals surface area contributed by atoms with E-state index in [0.717, 1.165) is 19.2 Å². The number of ether oxygens (including phenoxy) is 2. The zero-order valence-corrected chi connectivity index (χ0v) is 20.6. The summed E-state index contributed by atoms with van der Waals surface area (Å²) >= 11 is 0. The van der Waals surface area contributed by atoms with Crippen molar-refractivity contribution in [1.82, 2.24) is 15.2 Å². The van der Waals surface area contributed by atoms with Crippen molar-refractivity contribution >= 4 is 21.4 Å². The summed E-state index contributed by atoms with van der Waals surface area (Å²) in [4.78, 5) is 17.3. The van der Waals surface area contributed by atoms with Crippen LogP contribution in [0, 0.1) is 6.92 Å². The lowest BCUT2D eigenvalue weighted by Gasteiger charge is -2.17. The van der Waals surface area contributed by atoms with Gasteiger partial charge in [-0.2, -0.15) is 13.2 Å². The molecule has 1 aliphatic carbocycles. The Morgan fingerprint density at radius 1 is 1.14 bits per heavy atom. The third kappa shape index (κ3) is 5.49. The van der Waals surface area contributed by atoms with Crippen molar-refractivity contribution in [3.63, 3.8) is 0 Å². The lowest BCUT2D eigenvalue weighted by molar-refractivity contribution is -0.142. The molecule has 0 spiro atoms. The number of carbonyl (C=O) groups is 1. The summed E-state index contributed by atoms with van der Waals surface area (Å²) in [5, 5.41) is 19.4. The van der Waals surface area contributed by atoms with Gasteiger partial charge in [0, 0.05) is 11.9 Å². The molecule has 0 aliphatic heterocycles. The number of amides is 1. The molecular formula is C23H21F3N4O6S. The van der Waals surface area contributed by atoms with E-state index in [2.05, 4.69) is 20.5 Å². The fourth-order valence-electron chi connectivity index (χ4n) is 3.49. The summed E-state index contributed by atoms with van der Waals surface area (Å²) < 4.78 is 75.2. The van der Waals surface area contributed by atoms with Crippen LogP contribution in [0.5, 0.6) is 17.5 Å². The van der Waals surface area contributed by atoms with E-state index < -0.39 is 50.2 Å². The lowest BCUT2D eigenvalue weighted by atomic mass is 10.1. The van der Waals surface area contributed by atoms with Crippen LogP contribution in [0.25, 0.3) is 0 Å². The molecule has 3 aromatic rings. The van der Waals surface area contributed by atoms with Crippen molar-refractivity contribution in [2.75, 3.05) is 18.7 Å². The highest BCUT2D eigenvalue weighted by atomic mass is 32.2. The van der Waals surface area contributed by atoms with Crippen LogP contribution in [0.2, 0.25) is 0 Å². The van der Waals surface area contributed by atoms with E-state index >= 15 is 0 Å². The maximum absolute atomic E-state index is 13.5. The van der Waals surface area contributed by atoms with Crippen LogP contribution in [0.3, 0.4) is 0 Å². The number of hydrogen-bond donors (Lipinski definition) is 2. The molecule has 14 heteroatoms. The topological polar surface area (TPSA) is 141 Å². The number of carbonyl (C=O) groups excluding carboxylic acids is 1. The number of anilines is 1. The molecule has 2 heterocycles. The number of alkyl halides is 3. The monoisotopic (exact) mass is 538 g/mol. The van der Waals surface area contributed by atoms with Crippen LogP contribution in [0.1, 0.15) is 40.2 Å². The van der Waals surface area contributed by atoms with Crippen molar-refractivity contribution < 1.29 is 41.0 Å². The summed E-state index contributed by atoms with van der Waals surface area (Å²) in [5.41, 5.74) is -3.28. The summed E-state index contributed by atoms with van der Waals surface area (Å²) in [6.07, 6.45) is -2.92. The minimum atomic E-state index is -4.92. The first-order valence-corrected chi connectivity index (χ1v) is 12.6. The van der Waals surface area contributed by atoms with Crippen molar-refractivity contribution in [3.05, 3.63) is 58.9 Å². The van der Waals surface area contributed by atoms with Crippen LogP contribution in [-0.2, 0) is 21.6 Å². The maximum Gasteiger partial charge on any atom is 0.435 e. The quantitative estimate of drug-likeness (QED) is 0.461. The average Bonchev–Trinajstić information content (AvgIpc) is 3.56. The second kappa shape index (κ2) is 9.27. The molecule has 0 saturated heterocycles. The Balaban J connectivity index is 1.75. The van der Waals surface area contributed by atoms with E-state index in [9.17, 15) is 31.5 Å². The van der Waals surface area contributed by atoms with E-state index in [-0.39, 0.29) is 22.2 Å². The fourth-order valence-corrected chi connectivity index (χ4v) is 4.16. The van der Waals surface area contributed by atoms with Gasteiger partial charge >= 0.3 is 6.18 Å². The number of methoxy groups -OCH3 is 1. The van der Waals surface area contributed by atoms with E-state index in [4.69, 9.17) is 9.47 Å². The van der Waals surface area contributed by atoms with Gasteiger partial charge in [-0.3, -0.25) is 4.79 Å². The van der Waals surface area contributed by atoms with E-state index in [1.54, 1.807) is 0 Å². The predicted octanol–water partition coefficient (Wildman–Crippen LogP) is 3.64. The number of rotatable bonds is 7. The number of aromatic nitrogens is 3. The molecule has 1 aliphatic rings. The second-order valence-electron chi connectivity index (χ2n) is 8.44. The summed E-state index contributed by atoms with van der Waals surface area (Å²) in [7, 11) is -2.33. The molecule has 0 atom stereocenters. The van der Waals surface area contributed by atoms with Crippen molar-refractivity contribution in [2.45, 2.75) is 36.4 Å². The molecule has 2 aromatic heterocycles. The maximum atomic E-state index is 13.5. The number of nitrogens with one attached hydrogen (secondary N) is 1. The smallest absolute Gasteiger partial charge is 0.435 e. The molecule has 1 saturated carbocycles. The lowest BCUT2D eigenvalue weighted by Crippen LogP contribution is -2.21. The molecular weight excluding hydrogens is 517 g/mol. The zero-order valence-electron chi connectivity index (χ0n) is 19.8. The Hall–Kier alpha value is -3.78. The molecule has 0 radical (unpaired) electrons. The molecule has 2 N–H and O–H groups in total. The van der Waals surface area contributed by atoms with Gasteiger partial charge in [0.15, 0.2) is 21.3 Å². The van der Waals surface area contributed by atoms with Crippen LogP contribution in [0.15, 0.2) is 41.3 Å². The largest absolute Gasteiger partial charge is 0.478 e. The molecule has 4 rings (SSSR count). The van der Waals surface area contributed by atoms with Crippen LogP contribution in [0.4, 0.5) is 18.9 Å². The van der Waals surface area contributed by atoms with Gasteiger partial charge < -0.3 is 19.9 Å². The highest BCUT2D eigenvalue weighted by Gasteiger charge is 2.44. The average molecular weight is 539 g/mol. The van der Waals surface area contributed by atoms with Gasteiger partial charge in [-0.15, -0.1) is 10.2 Å². The Morgan fingerprint density at radius 2 is 1.84 bits per heavy atom. The first kappa shape index (κ1) is 26.3. The third-order valence-corrected chi connectivity index (χ3v) is 6.74. The molecule has 1 aromatic carbocycles. The number of nitrogens with zero attached hydrogens (tertiary/aromatic N) is 3. The van der Waals surface area contributed by atoms with Gasteiger partial charge in [-0.05, 0) is 55.7 Å². The van der Waals surface area contributed by atoms with E-state index in [1.165, 1.54) is 37.4 Å². The Kier molecular flexibility index (Phi) is 6.58. The van der Waals surface area contributed by atoms with Gasteiger partial charge in [0.2, 0.25) is 0 Å². The second-order valence-corrected chi connectivity index (χ2v) is 10.5. The SMILES string of the molecule is COc1nc(C2(O)CC2)ccc1Oc1nnc(C(F)(F)F)c(C)c1C(=O)Nc1cccc(S(C)(=O)=O)c1. The van der Waals surface area contributed by atoms with E-state index in [1.807, 2.05) is 0 Å². The first-order valence-electron chi connectivity index (χ1n) is 10.7. The molecule has 196 valence electrons. The minimum absolute atomic E-state index is 0.0184. The standard InChI is InChI=1S/C23H21F3N4O6S/c1-12-17(19(31)27-13-5-4-6-14(11-13)37(3,33)34)21(30-29-18(12)23(24,25)26)36-15-7-8-16(22(32)9-10-22)28-20(15)35-2/h4-8,11,32H,9-10H2,1-3H3,(H,27,31). The molecule has 37 heavy (non-hydrogen) atoms. The Bertz CT molecular complexity index is 1490. The third-order valence-electron chi connectivity index (χ3n) is 5.63. The summed E-state index contributed by atoms with van der Waals surface area (Å²) in [6, 6.07) is 8.05. The van der Waals surface area contributed by atoms with Gasteiger partial charge in [-0.1, -0.05) is 6.07 Å². The van der Waals surface area contributed by atoms with Gasteiger partial charge in [-0.25, -0.2) is 13.4 Å². The normalized spacial score (nSPS) is 14.7. The number of sulfone groups is 1. The minimum Gasteiger partial charge on any atom is -0.478 e. The Labute approximate surface area is 209 Å². The Morgan fingerprint density at radius 3 is 2.43 bits per heavy atom. The molecule has 1 amide bonds. The number of hydrogen-bond acceptors (Lipinski definition) is 9. The highest BCUT2D eigenvalue weighted by molar-refractivity contribution is 7.90. The number of benzene rings is 1. The summed E-state index contributed by atoms with van der Waals surface area (Å²) in [6.45, 7) is 1.04.